The average Bonchev–Trinajstić information content (AvgIpc) is 2.95. The molecule has 1 saturated carbocycles. The number of fused-ring (bicyclic) bond motifs is 2. The second kappa shape index (κ2) is 5.94. The Labute approximate surface area is 151 Å². The predicted octanol–water partition coefficient (Wildman–Crippen LogP) is 3.10. The highest BCUT2D eigenvalue weighted by atomic mass is 19.1. The van der Waals surface area contributed by atoms with Gasteiger partial charge in [-0.05, 0) is 30.5 Å². The zero-order valence-electron chi connectivity index (χ0n) is 14.2. The second-order valence-electron chi connectivity index (χ2n) is 6.86. The molecule has 4 aromatic rings. The third-order valence-corrected chi connectivity index (χ3v) is 5.25. The lowest BCUT2D eigenvalue weighted by Crippen LogP contribution is -2.13. The molecule has 1 N–H and O–H groups in total. The van der Waals surface area contributed by atoms with E-state index >= 15 is 0 Å². The van der Waals surface area contributed by atoms with Crippen molar-refractivity contribution in [1.29, 1.82) is 0 Å². The van der Waals surface area contributed by atoms with Crippen LogP contribution < -0.4 is 5.56 Å². The summed E-state index contributed by atoms with van der Waals surface area (Å²) < 4.78 is 30.1. The molecule has 1 aromatic carbocycles. The maximum absolute atomic E-state index is 14.5. The van der Waals surface area contributed by atoms with Crippen LogP contribution in [0.1, 0.15) is 42.0 Å². The molecule has 1 aliphatic rings. The molecule has 1 fully saturated rings. The summed E-state index contributed by atoms with van der Waals surface area (Å²) in [5, 5.41) is 8.84. The first-order valence-corrected chi connectivity index (χ1v) is 8.80. The fraction of sp³-hybridized carbons (Fsp3) is 0.263. The first kappa shape index (κ1) is 16.0. The molecule has 0 bridgehead atoms. The molecule has 1 aliphatic carbocycles. The van der Waals surface area contributed by atoms with Crippen LogP contribution in [0.3, 0.4) is 0 Å². The van der Waals surface area contributed by atoms with Gasteiger partial charge in [-0.1, -0.05) is 6.42 Å². The Balaban J connectivity index is 1.75. The maximum atomic E-state index is 14.5. The van der Waals surface area contributed by atoms with Crippen LogP contribution in [-0.4, -0.2) is 24.8 Å². The molecule has 6 nitrogen and oxygen atoms in total. The van der Waals surface area contributed by atoms with E-state index in [1.54, 1.807) is 12.4 Å². The van der Waals surface area contributed by atoms with Crippen LogP contribution in [0.25, 0.3) is 16.6 Å². The second-order valence-corrected chi connectivity index (χ2v) is 6.86. The smallest absolute Gasteiger partial charge is 0.248 e. The normalized spacial score (nSPS) is 14.7. The zero-order chi connectivity index (χ0) is 18.5. The van der Waals surface area contributed by atoms with Crippen molar-refractivity contribution in [2.24, 2.45) is 0 Å². The van der Waals surface area contributed by atoms with E-state index in [1.807, 2.05) is 0 Å². The molecule has 5 rings (SSSR count). The Hall–Kier alpha value is -3.16. The van der Waals surface area contributed by atoms with E-state index in [2.05, 4.69) is 20.2 Å². The molecule has 3 aromatic heterocycles. The molecule has 0 aliphatic heterocycles. The van der Waals surface area contributed by atoms with Gasteiger partial charge in [-0.3, -0.25) is 4.79 Å². The third kappa shape index (κ3) is 2.51. The van der Waals surface area contributed by atoms with E-state index in [0.717, 1.165) is 42.7 Å². The fourth-order valence-corrected chi connectivity index (χ4v) is 3.74. The van der Waals surface area contributed by atoms with Gasteiger partial charge in [-0.15, -0.1) is 4.63 Å². The lowest BCUT2D eigenvalue weighted by Gasteiger charge is -2.24. The zero-order valence-corrected chi connectivity index (χ0v) is 14.2. The summed E-state index contributed by atoms with van der Waals surface area (Å²) >= 11 is 0. The lowest BCUT2D eigenvalue weighted by atomic mass is 9.80. The number of hydrogen-bond acceptors (Lipinski definition) is 4. The standard InChI is InChI=1S/C19H15F2N5O/c20-13-4-5-14(21)18-16(13)11(9-15(27)24-18)8-12-17(10-2-1-3-10)25-26-19(12)22-6-7-23-26/h4-7,9-10H,1-3,8H2,(H,24,27). The lowest BCUT2D eigenvalue weighted by molar-refractivity contribution is 0.406. The van der Waals surface area contributed by atoms with E-state index in [4.69, 9.17) is 0 Å². The van der Waals surface area contributed by atoms with Gasteiger partial charge >= 0.3 is 0 Å². The van der Waals surface area contributed by atoms with Gasteiger partial charge in [0.2, 0.25) is 5.56 Å². The number of halogens is 2. The molecule has 0 spiro atoms. The van der Waals surface area contributed by atoms with Crippen LogP contribution in [0.15, 0.2) is 35.4 Å². The monoisotopic (exact) mass is 367 g/mol. The number of aromatic amines is 1. The number of benzene rings is 1. The predicted molar refractivity (Wildman–Crippen MR) is 94.7 cm³/mol. The van der Waals surface area contributed by atoms with Crippen molar-refractivity contribution in [3.05, 3.63) is 69.4 Å². The number of rotatable bonds is 3. The van der Waals surface area contributed by atoms with Gasteiger partial charge in [0.15, 0.2) is 5.65 Å². The first-order valence-electron chi connectivity index (χ1n) is 8.80. The summed E-state index contributed by atoms with van der Waals surface area (Å²) in [6.07, 6.45) is 6.53. The number of hydrogen-bond donors (Lipinski definition) is 1. The molecular formula is C19H15F2N5O. The highest BCUT2D eigenvalue weighted by Crippen LogP contribution is 2.39. The van der Waals surface area contributed by atoms with Gasteiger partial charge in [-0.25, -0.2) is 13.8 Å². The summed E-state index contributed by atoms with van der Waals surface area (Å²) in [6.45, 7) is 0. The third-order valence-electron chi connectivity index (χ3n) is 5.25. The summed E-state index contributed by atoms with van der Waals surface area (Å²) in [6, 6.07) is 3.40. The summed E-state index contributed by atoms with van der Waals surface area (Å²) in [4.78, 5) is 18.8. The minimum absolute atomic E-state index is 0.0809. The quantitative estimate of drug-likeness (QED) is 0.604. The Morgan fingerprint density at radius 2 is 2.00 bits per heavy atom. The molecule has 0 radical (unpaired) electrons. The minimum atomic E-state index is -0.663. The van der Waals surface area contributed by atoms with E-state index in [-0.39, 0.29) is 17.3 Å². The molecule has 0 saturated heterocycles. The van der Waals surface area contributed by atoms with Gasteiger partial charge in [0.1, 0.15) is 11.6 Å². The van der Waals surface area contributed by atoms with Crippen LogP contribution in [0, 0.1) is 11.6 Å². The van der Waals surface area contributed by atoms with Crippen molar-refractivity contribution in [2.45, 2.75) is 31.6 Å². The van der Waals surface area contributed by atoms with Crippen LogP contribution in [0.4, 0.5) is 8.78 Å². The van der Waals surface area contributed by atoms with E-state index < -0.39 is 17.2 Å². The van der Waals surface area contributed by atoms with Crippen LogP contribution in [-0.2, 0) is 6.42 Å². The summed E-state index contributed by atoms with van der Waals surface area (Å²) in [5.74, 6) is -0.937. The summed E-state index contributed by atoms with van der Waals surface area (Å²) in [5.41, 5.74) is 2.07. The molecule has 0 unspecified atom stereocenters. The Bertz CT molecular complexity index is 1240. The number of pyridine rings is 1. The summed E-state index contributed by atoms with van der Waals surface area (Å²) in [7, 11) is 0. The van der Waals surface area contributed by atoms with Gasteiger partial charge in [0.25, 0.3) is 0 Å². The average molecular weight is 367 g/mol. The molecular weight excluding hydrogens is 352 g/mol. The number of H-pyrrole nitrogens is 1. The first-order chi connectivity index (χ1) is 13.1. The highest BCUT2D eigenvalue weighted by Gasteiger charge is 2.28. The van der Waals surface area contributed by atoms with Crippen molar-refractivity contribution in [2.75, 3.05) is 0 Å². The van der Waals surface area contributed by atoms with Gasteiger partial charge in [-0.2, -0.15) is 10.2 Å². The van der Waals surface area contributed by atoms with Crippen LogP contribution >= 0.6 is 0 Å². The van der Waals surface area contributed by atoms with Crippen molar-refractivity contribution in [3.63, 3.8) is 0 Å². The van der Waals surface area contributed by atoms with Crippen molar-refractivity contribution in [3.8, 4) is 0 Å². The van der Waals surface area contributed by atoms with Crippen molar-refractivity contribution in [1.82, 2.24) is 24.8 Å². The topological polar surface area (TPSA) is 75.9 Å². The van der Waals surface area contributed by atoms with Gasteiger partial charge in [0.05, 0.1) is 17.4 Å². The molecule has 136 valence electrons. The molecule has 8 heteroatoms. The van der Waals surface area contributed by atoms with Crippen molar-refractivity contribution >= 4 is 16.6 Å². The van der Waals surface area contributed by atoms with E-state index in [1.165, 1.54) is 10.7 Å². The van der Waals surface area contributed by atoms with Gasteiger partial charge in [0, 0.05) is 35.6 Å². The Morgan fingerprint density at radius 3 is 2.78 bits per heavy atom. The molecule has 3 heterocycles. The number of nitrogens with one attached hydrogen (secondary N) is 1. The SMILES string of the molecule is O=c1cc(Cc2c(C3CCC3)nn3nccnc23)c2c(F)ccc(F)c2[nH]1. The Kier molecular flexibility index (Phi) is 3.53. The fourth-order valence-electron chi connectivity index (χ4n) is 3.74. The van der Waals surface area contributed by atoms with Crippen LogP contribution in [0.5, 0.6) is 0 Å². The van der Waals surface area contributed by atoms with E-state index in [0.29, 0.717) is 17.1 Å². The molecule has 0 atom stereocenters. The van der Waals surface area contributed by atoms with Gasteiger partial charge < -0.3 is 4.98 Å². The number of nitrogens with zero attached hydrogens (tertiary/aromatic N) is 4. The maximum Gasteiger partial charge on any atom is 0.248 e. The molecule has 0 amide bonds. The van der Waals surface area contributed by atoms with Crippen LogP contribution in [0.2, 0.25) is 0 Å². The van der Waals surface area contributed by atoms with Crippen molar-refractivity contribution < 1.29 is 8.78 Å². The minimum Gasteiger partial charge on any atom is -0.319 e. The largest absolute Gasteiger partial charge is 0.319 e. The highest BCUT2D eigenvalue weighted by molar-refractivity contribution is 5.83. The van der Waals surface area contributed by atoms with E-state index in [9.17, 15) is 13.6 Å². The Morgan fingerprint density at radius 1 is 1.19 bits per heavy atom. The molecule has 27 heavy (non-hydrogen) atoms. The number of aromatic nitrogens is 5.